The van der Waals surface area contributed by atoms with Gasteiger partial charge in [-0.05, 0) is 37.7 Å². The van der Waals surface area contributed by atoms with Crippen molar-refractivity contribution in [2.45, 2.75) is 40.0 Å². The summed E-state index contributed by atoms with van der Waals surface area (Å²) in [6.07, 6.45) is 5.58. The Kier molecular flexibility index (Phi) is 6.29. The number of carboxylic acids is 1. The van der Waals surface area contributed by atoms with E-state index in [1.54, 1.807) is 0 Å². The predicted octanol–water partition coefficient (Wildman–Crippen LogP) is 4.92. The summed E-state index contributed by atoms with van der Waals surface area (Å²) in [5.74, 6) is -1.84. The smallest absolute Gasteiger partial charge is 0.307 e. The Morgan fingerprint density at radius 2 is 1.82 bits per heavy atom. The normalized spacial score (nSPS) is 19.0. The van der Waals surface area contributed by atoms with Gasteiger partial charge in [-0.15, -0.1) is 11.3 Å². The molecular formula is C22H26N2O3S. The second-order valence-electron chi connectivity index (χ2n) is 7.70. The maximum atomic E-state index is 12.6. The Hall–Kier alpha value is -2.47. The van der Waals surface area contributed by atoms with Crippen molar-refractivity contribution in [1.82, 2.24) is 4.98 Å². The molecule has 1 aliphatic carbocycles. The highest BCUT2D eigenvalue weighted by Gasteiger charge is 2.34. The first-order valence-electron chi connectivity index (χ1n) is 9.60. The van der Waals surface area contributed by atoms with Crippen LogP contribution in [0.5, 0.6) is 0 Å². The van der Waals surface area contributed by atoms with Gasteiger partial charge in [-0.3, -0.25) is 9.59 Å². The van der Waals surface area contributed by atoms with Crippen LogP contribution in [0.3, 0.4) is 0 Å². The largest absolute Gasteiger partial charge is 0.481 e. The van der Waals surface area contributed by atoms with E-state index in [1.165, 1.54) is 16.9 Å². The van der Waals surface area contributed by atoms with Gasteiger partial charge in [-0.2, -0.15) is 0 Å². The number of aryl methyl sites for hydroxylation is 1. The lowest BCUT2D eigenvalue weighted by Crippen LogP contribution is -2.34. The zero-order valence-corrected chi connectivity index (χ0v) is 17.3. The summed E-state index contributed by atoms with van der Waals surface area (Å²) in [6, 6.07) is 8.38. The number of benzene rings is 1. The zero-order chi connectivity index (χ0) is 20.3. The van der Waals surface area contributed by atoms with E-state index >= 15 is 0 Å². The summed E-state index contributed by atoms with van der Waals surface area (Å²) in [4.78, 5) is 29.7. The van der Waals surface area contributed by atoms with Crippen LogP contribution in [0.25, 0.3) is 11.3 Å². The molecule has 1 aromatic heterocycles. The summed E-state index contributed by atoms with van der Waals surface area (Å²) in [7, 11) is 0. The number of anilines is 1. The van der Waals surface area contributed by atoms with Crippen LogP contribution in [0.1, 0.15) is 37.1 Å². The highest BCUT2D eigenvalue weighted by atomic mass is 32.1. The van der Waals surface area contributed by atoms with E-state index in [-0.39, 0.29) is 5.91 Å². The number of carbonyl (C=O) groups excluding carboxylic acids is 1. The number of carbonyl (C=O) groups is 2. The highest BCUT2D eigenvalue weighted by molar-refractivity contribution is 7.16. The minimum atomic E-state index is -0.929. The van der Waals surface area contributed by atoms with Gasteiger partial charge in [0.05, 0.1) is 17.5 Å². The predicted molar refractivity (Wildman–Crippen MR) is 112 cm³/mol. The molecule has 0 saturated heterocycles. The lowest BCUT2D eigenvalue weighted by Gasteiger charge is -2.23. The van der Waals surface area contributed by atoms with Crippen LogP contribution in [0.4, 0.5) is 5.13 Å². The first kappa shape index (κ1) is 20.3. The molecule has 1 amide bonds. The molecule has 148 valence electrons. The van der Waals surface area contributed by atoms with Gasteiger partial charge < -0.3 is 10.4 Å². The zero-order valence-electron chi connectivity index (χ0n) is 16.4. The molecule has 1 aromatic carbocycles. The van der Waals surface area contributed by atoms with Crippen LogP contribution in [-0.4, -0.2) is 22.0 Å². The topological polar surface area (TPSA) is 79.3 Å². The van der Waals surface area contributed by atoms with E-state index in [2.05, 4.69) is 48.4 Å². The highest BCUT2D eigenvalue weighted by Crippen LogP contribution is 2.32. The summed E-state index contributed by atoms with van der Waals surface area (Å²) >= 11 is 1.42. The first-order valence-corrected chi connectivity index (χ1v) is 10.4. The van der Waals surface area contributed by atoms with Crippen molar-refractivity contribution in [3.63, 3.8) is 0 Å². The molecule has 5 nitrogen and oxygen atoms in total. The number of aliphatic carboxylic acids is 1. The van der Waals surface area contributed by atoms with Crippen LogP contribution in [0.15, 0.2) is 36.4 Å². The van der Waals surface area contributed by atoms with E-state index in [4.69, 9.17) is 0 Å². The molecular weight excluding hydrogens is 372 g/mol. The van der Waals surface area contributed by atoms with Crippen molar-refractivity contribution in [1.29, 1.82) is 0 Å². The molecule has 0 saturated carbocycles. The van der Waals surface area contributed by atoms with Crippen molar-refractivity contribution in [3.8, 4) is 11.3 Å². The van der Waals surface area contributed by atoms with Crippen LogP contribution in [0, 0.1) is 24.7 Å². The molecule has 1 heterocycles. The Morgan fingerprint density at radius 3 is 2.43 bits per heavy atom. The number of nitrogens with zero attached hydrogens (tertiary/aromatic N) is 1. The second-order valence-corrected chi connectivity index (χ2v) is 8.91. The molecule has 0 fully saturated rings. The van der Waals surface area contributed by atoms with Crippen molar-refractivity contribution in [2.24, 2.45) is 17.8 Å². The number of hydrogen-bond acceptors (Lipinski definition) is 4. The molecule has 1 aliphatic rings. The fourth-order valence-corrected chi connectivity index (χ4v) is 4.40. The molecule has 0 spiro atoms. The monoisotopic (exact) mass is 398 g/mol. The van der Waals surface area contributed by atoms with Gasteiger partial charge in [0.15, 0.2) is 5.13 Å². The van der Waals surface area contributed by atoms with E-state index in [1.807, 2.05) is 19.1 Å². The Bertz CT molecular complexity index is 884. The summed E-state index contributed by atoms with van der Waals surface area (Å²) in [6.45, 7) is 6.38. The van der Waals surface area contributed by atoms with Crippen LogP contribution in [-0.2, 0) is 16.0 Å². The van der Waals surface area contributed by atoms with Crippen molar-refractivity contribution < 1.29 is 14.7 Å². The number of hydrogen-bond donors (Lipinski definition) is 2. The molecule has 3 rings (SSSR count). The van der Waals surface area contributed by atoms with Crippen LogP contribution in [0.2, 0.25) is 0 Å². The third-order valence-electron chi connectivity index (χ3n) is 4.98. The average molecular weight is 399 g/mol. The van der Waals surface area contributed by atoms with Crippen LogP contribution < -0.4 is 5.32 Å². The summed E-state index contributed by atoms with van der Waals surface area (Å²) in [5.41, 5.74) is 3.17. The van der Waals surface area contributed by atoms with E-state index in [0.717, 1.165) is 22.6 Å². The van der Waals surface area contributed by atoms with Crippen molar-refractivity contribution in [2.75, 3.05) is 5.32 Å². The molecule has 2 atom stereocenters. The molecule has 2 aromatic rings. The van der Waals surface area contributed by atoms with Crippen molar-refractivity contribution >= 4 is 28.3 Å². The summed E-state index contributed by atoms with van der Waals surface area (Å²) < 4.78 is 0. The third kappa shape index (κ3) is 4.68. The fourth-order valence-electron chi connectivity index (χ4n) is 3.56. The Morgan fingerprint density at radius 1 is 1.18 bits per heavy atom. The SMILES string of the molecule is Cc1sc(NC(=O)[C@H]2CC=CC[C@@H]2C(=O)O)nc1-c1ccc(CC(C)C)cc1. The van der Waals surface area contributed by atoms with Gasteiger partial charge in [0, 0.05) is 10.4 Å². The molecule has 28 heavy (non-hydrogen) atoms. The standard InChI is InChI=1S/C22H26N2O3S/c1-13(2)12-15-8-10-16(11-9-15)19-14(3)28-22(23-19)24-20(25)17-6-4-5-7-18(17)21(26)27/h4-5,8-11,13,17-18H,6-7,12H2,1-3H3,(H,26,27)(H,23,24,25)/t17-,18-/m0/s1. The van der Waals surface area contributed by atoms with E-state index in [9.17, 15) is 14.7 Å². The van der Waals surface area contributed by atoms with E-state index in [0.29, 0.717) is 23.9 Å². The number of aromatic nitrogens is 1. The molecule has 0 unspecified atom stereocenters. The van der Waals surface area contributed by atoms with Crippen LogP contribution >= 0.6 is 11.3 Å². The Labute approximate surface area is 169 Å². The summed E-state index contributed by atoms with van der Waals surface area (Å²) in [5, 5.41) is 12.7. The van der Waals surface area contributed by atoms with Crippen molar-refractivity contribution in [3.05, 3.63) is 46.9 Å². The second kappa shape index (κ2) is 8.69. The minimum absolute atomic E-state index is 0.274. The molecule has 6 heteroatoms. The lowest BCUT2D eigenvalue weighted by molar-refractivity contribution is -0.146. The minimum Gasteiger partial charge on any atom is -0.481 e. The van der Waals surface area contributed by atoms with Gasteiger partial charge in [-0.1, -0.05) is 50.3 Å². The van der Waals surface area contributed by atoms with Gasteiger partial charge >= 0.3 is 5.97 Å². The number of rotatable bonds is 6. The van der Waals surface area contributed by atoms with E-state index < -0.39 is 17.8 Å². The quantitative estimate of drug-likeness (QED) is 0.677. The number of allylic oxidation sites excluding steroid dienone is 2. The fraction of sp³-hybridized carbons (Fsp3) is 0.409. The first-order chi connectivity index (χ1) is 13.3. The molecule has 0 aliphatic heterocycles. The van der Waals surface area contributed by atoms with Gasteiger partial charge in [0.25, 0.3) is 0 Å². The van der Waals surface area contributed by atoms with Gasteiger partial charge in [-0.25, -0.2) is 4.98 Å². The Balaban J connectivity index is 1.74. The maximum Gasteiger partial charge on any atom is 0.307 e. The molecule has 2 N–H and O–H groups in total. The average Bonchev–Trinajstić information content (AvgIpc) is 3.02. The number of nitrogens with one attached hydrogen (secondary N) is 1. The third-order valence-corrected chi connectivity index (χ3v) is 5.87. The van der Waals surface area contributed by atoms with Gasteiger partial charge in [0.1, 0.15) is 0 Å². The van der Waals surface area contributed by atoms with Gasteiger partial charge in [0.2, 0.25) is 5.91 Å². The number of amides is 1. The molecule has 0 bridgehead atoms. The molecule has 0 radical (unpaired) electrons. The maximum absolute atomic E-state index is 12.6. The lowest BCUT2D eigenvalue weighted by atomic mass is 9.82. The number of carboxylic acid groups (broad SMARTS) is 1. The number of thiazole rings is 1.